The minimum atomic E-state index is 0.755. The lowest BCUT2D eigenvalue weighted by molar-refractivity contribution is -0.109. The first-order valence-electron chi connectivity index (χ1n) is 4.98. The molecular weight excluding hydrogens is 132 g/mol. The van der Waals surface area contributed by atoms with Crippen molar-refractivity contribution in [2.24, 2.45) is 22.2 Å². The zero-order chi connectivity index (χ0) is 7.91. The number of hydrogen-bond acceptors (Lipinski definition) is 0. The van der Waals surface area contributed by atoms with E-state index in [9.17, 15) is 0 Å². The molecule has 0 N–H and O–H groups in total. The fraction of sp³-hybridized carbons (Fsp3) is 1.00. The average molecular weight is 150 g/mol. The molecule has 2 bridgehead atoms. The van der Waals surface area contributed by atoms with Crippen LogP contribution in [-0.4, -0.2) is 0 Å². The van der Waals surface area contributed by atoms with Gasteiger partial charge in [-0.2, -0.15) is 0 Å². The summed E-state index contributed by atoms with van der Waals surface area (Å²) in [4.78, 5) is 0. The fourth-order valence-corrected chi connectivity index (χ4v) is 4.92. The summed E-state index contributed by atoms with van der Waals surface area (Å²) in [5, 5.41) is 0. The van der Waals surface area contributed by atoms with Crippen LogP contribution in [0.5, 0.6) is 0 Å². The molecule has 3 fully saturated rings. The van der Waals surface area contributed by atoms with Gasteiger partial charge in [-0.1, -0.05) is 20.8 Å². The van der Waals surface area contributed by atoms with Gasteiger partial charge in [0.05, 0.1) is 0 Å². The van der Waals surface area contributed by atoms with Gasteiger partial charge in [0.15, 0.2) is 0 Å². The van der Waals surface area contributed by atoms with Crippen molar-refractivity contribution in [1.82, 2.24) is 0 Å². The molecule has 4 atom stereocenters. The lowest BCUT2D eigenvalue weighted by Gasteiger charge is -2.60. The molecule has 3 aliphatic carbocycles. The molecule has 11 heavy (non-hydrogen) atoms. The summed E-state index contributed by atoms with van der Waals surface area (Å²) in [5.74, 6) is 1.10. The molecule has 0 aromatic heterocycles. The Hall–Kier alpha value is 0. The third kappa shape index (κ3) is 0.467. The Morgan fingerprint density at radius 2 is 1.73 bits per heavy atom. The molecule has 0 nitrogen and oxygen atoms in total. The quantitative estimate of drug-likeness (QED) is 0.497. The van der Waals surface area contributed by atoms with E-state index in [1.165, 1.54) is 12.8 Å². The minimum absolute atomic E-state index is 0.755. The van der Waals surface area contributed by atoms with Gasteiger partial charge >= 0.3 is 0 Å². The molecule has 0 aromatic rings. The number of fused-ring (bicyclic) bond motifs is 1. The Morgan fingerprint density at radius 3 is 2.00 bits per heavy atom. The Kier molecular flexibility index (Phi) is 0.767. The largest absolute Gasteiger partial charge is 0.0596 e. The summed E-state index contributed by atoms with van der Waals surface area (Å²) in [6.45, 7) is 7.57. The molecule has 0 aliphatic heterocycles. The van der Waals surface area contributed by atoms with E-state index in [0.717, 1.165) is 22.2 Å². The average Bonchev–Trinajstić information content (AvgIpc) is 2.09. The molecule has 3 aliphatic rings. The summed E-state index contributed by atoms with van der Waals surface area (Å²) < 4.78 is 0. The lowest BCUT2D eigenvalue weighted by Crippen LogP contribution is -2.52. The van der Waals surface area contributed by atoms with Crippen LogP contribution in [0.25, 0.3) is 0 Å². The maximum absolute atomic E-state index is 2.54. The molecule has 0 aromatic carbocycles. The molecule has 0 radical (unpaired) electrons. The molecule has 0 amide bonds. The fourth-order valence-electron chi connectivity index (χ4n) is 4.92. The van der Waals surface area contributed by atoms with Crippen molar-refractivity contribution in [3.63, 3.8) is 0 Å². The minimum Gasteiger partial charge on any atom is -0.0596 e. The van der Waals surface area contributed by atoms with Crippen LogP contribution in [0.3, 0.4) is 0 Å². The standard InChI is InChI=1S/C11H18/c1-9-4-8-5-10(2,6-9)11(8,3)7-9/h8H,4-7H2,1-3H3. The van der Waals surface area contributed by atoms with Gasteiger partial charge in [0.2, 0.25) is 0 Å². The molecule has 0 saturated heterocycles. The SMILES string of the molecule is CC12CC3CC(C)(C1)C3(C)C2. The van der Waals surface area contributed by atoms with Crippen LogP contribution < -0.4 is 0 Å². The lowest BCUT2D eigenvalue weighted by atomic mass is 9.45. The second kappa shape index (κ2) is 1.30. The van der Waals surface area contributed by atoms with Gasteiger partial charge in [-0.3, -0.25) is 0 Å². The molecule has 0 heteroatoms. The highest BCUT2D eigenvalue weighted by Gasteiger charge is 2.72. The predicted molar refractivity (Wildman–Crippen MR) is 46.3 cm³/mol. The van der Waals surface area contributed by atoms with Crippen LogP contribution in [0.4, 0.5) is 0 Å². The number of rotatable bonds is 0. The maximum Gasteiger partial charge on any atom is -0.0238 e. The van der Waals surface area contributed by atoms with Gasteiger partial charge in [-0.25, -0.2) is 0 Å². The van der Waals surface area contributed by atoms with Crippen molar-refractivity contribution in [1.29, 1.82) is 0 Å². The van der Waals surface area contributed by atoms with Crippen LogP contribution >= 0.6 is 0 Å². The van der Waals surface area contributed by atoms with Gasteiger partial charge < -0.3 is 0 Å². The second-order valence-electron chi connectivity index (χ2n) is 6.25. The normalized spacial score (nSPS) is 71.7. The summed E-state index contributed by atoms with van der Waals surface area (Å²) in [6, 6.07) is 0. The third-order valence-corrected chi connectivity index (χ3v) is 5.33. The summed E-state index contributed by atoms with van der Waals surface area (Å²) in [6.07, 6.45) is 6.13. The smallest absolute Gasteiger partial charge is 0.0238 e. The van der Waals surface area contributed by atoms with E-state index in [1.54, 1.807) is 12.8 Å². The van der Waals surface area contributed by atoms with E-state index in [1.807, 2.05) is 0 Å². The number of hydrogen-bond donors (Lipinski definition) is 0. The Balaban J connectivity index is 2.11. The third-order valence-electron chi connectivity index (χ3n) is 5.33. The molecule has 3 rings (SSSR count). The van der Waals surface area contributed by atoms with Crippen LogP contribution in [0, 0.1) is 22.2 Å². The Bertz CT molecular complexity index is 228. The molecule has 0 spiro atoms. The maximum atomic E-state index is 2.54. The van der Waals surface area contributed by atoms with Crippen molar-refractivity contribution < 1.29 is 0 Å². The van der Waals surface area contributed by atoms with Crippen LogP contribution in [0.1, 0.15) is 46.5 Å². The van der Waals surface area contributed by atoms with Crippen molar-refractivity contribution in [3.05, 3.63) is 0 Å². The zero-order valence-corrected chi connectivity index (χ0v) is 7.91. The van der Waals surface area contributed by atoms with Crippen molar-refractivity contribution in [2.45, 2.75) is 46.5 Å². The van der Waals surface area contributed by atoms with Crippen LogP contribution in [-0.2, 0) is 0 Å². The first-order chi connectivity index (χ1) is 4.98. The Labute approximate surface area is 69.4 Å². The molecule has 4 unspecified atom stereocenters. The van der Waals surface area contributed by atoms with Crippen molar-refractivity contribution in [2.75, 3.05) is 0 Å². The Morgan fingerprint density at radius 1 is 1.00 bits per heavy atom. The van der Waals surface area contributed by atoms with E-state index in [-0.39, 0.29) is 0 Å². The molecule has 3 saturated carbocycles. The van der Waals surface area contributed by atoms with Gasteiger partial charge in [0.25, 0.3) is 0 Å². The first-order valence-corrected chi connectivity index (χ1v) is 4.98. The first kappa shape index (κ1) is 6.51. The van der Waals surface area contributed by atoms with Gasteiger partial charge in [0, 0.05) is 0 Å². The molecule has 0 heterocycles. The highest BCUT2D eigenvalue weighted by molar-refractivity contribution is 5.22. The molecule has 62 valence electrons. The second-order valence-corrected chi connectivity index (χ2v) is 6.25. The van der Waals surface area contributed by atoms with Crippen molar-refractivity contribution >= 4 is 0 Å². The summed E-state index contributed by atoms with van der Waals surface area (Å²) >= 11 is 0. The highest BCUT2D eigenvalue weighted by Crippen LogP contribution is 2.81. The summed E-state index contributed by atoms with van der Waals surface area (Å²) in [7, 11) is 0. The highest BCUT2D eigenvalue weighted by atomic mass is 14.8. The summed E-state index contributed by atoms with van der Waals surface area (Å²) in [5.41, 5.74) is 2.28. The van der Waals surface area contributed by atoms with Gasteiger partial charge in [0.1, 0.15) is 0 Å². The van der Waals surface area contributed by atoms with E-state index in [2.05, 4.69) is 20.8 Å². The molecular formula is C11H18. The monoisotopic (exact) mass is 150 g/mol. The van der Waals surface area contributed by atoms with Gasteiger partial charge in [-0.15, -0.1) is 0 Å². The van der Waals surface area contributed by atoms with Crippen LogP contribution in [0.15, 0.2) is 0 Å². The van der Waals surface area contributed by atoms with E-state index in [4.69, 9.17) is 0 Å². The van der Waals surface area contributed by atoms with Crippen LogP contribution in [0.2, 0.25) is 0 Å². The topological polar surface area (TPSA) is 0 Å². The van der Waals surface area contributed by atoms with E-state index in [0.29, 0.717) is 0 Å². The zero-order valence-electron chi connectivity index (χ0n) is 7.91. The van der Waals surface area contributed by atoms with E-state index >= 15 is 0 Å². The van der Waals surface area contributed by atoms with Gasteiger partial charge in [-0.05, 0) is 47.8 Å². The van der Waals surface area contributed by atoms with Crippen molar-refractivity contribution in [3.8, 4) is 0 Å². The predicted octanol–water partition coefficient (Wildman–Crippen LogP) is 3.22. The van der Waals surface area contributed by atoms with E-state index < -0.39 is 0 Å².